The molecule has 6 nitrogen and oxygen atoms in total. The van der Waals surface area contributed by atoms with Crippen molar-refractivity contribution in [2.75, 3.05) is 20.2 Å². The smallest absolute Gasteiger partial charge is 0.422 e. The third-order valence-electron chi connectivity index (χ3n) is 3.31. The molecule has 0 aliphatic rings. The number of benzene rings is 1. The molecular weight excluding hydrogens is 351 g/mol. The van der Waals surface area contributed by atoms with E-state index in [0.29, 0.717) is 17.9 Å². The van der Waals surface area contributed by atoms with Gasteiger partial charge in [-0.3, -0.25) is 9.69 Å². The standard InChI is InChI=1S/C17H20F3N3O3/c1-12-6-14(22-26-12)9-23(2)10-16(24)21-8-13-4-3-5-15(7-13)25-11-17(18,19)20/h3-7H,8-11H2,1-2H3,(H,21,24). The van der Waals surface area contributed by atoms with Gasteiger partial charge in [0.1, 0.15) is 11.5 Å². The van der Waals surface area contributed by atoms with Crippen LogP contribution in [0.2, 0.25) is 0 Å². The predicted octanol–water partition coefficient (Wildman–Crippen LogP) is 2.67. The zero-order valence-electron chi connectivity index (χ0n) is 14.5. The van der Waals surface area contributed by atoms with Gasteiger partial charge in [0, 0.05) is 19.2 Å². The molecule has 2 aromatic rings. The van der Waals surface area contributed by atoms with E-state index < -0.39 is 12.8 Å². The molecule has 0 unspecified atom stereocenters. The SMILES string of the molecule is Cc1cc(CN(C)CC(=O)NCc2cccc(OCC(F)(F)F)c2)no1. The summed E-state index contributed by atoms with van der Waals surface area (Å²) in [6.07, 6.45) is -4.39. The van der Waals surface area contributed by atoms with Crippen LogP contribution >= 0.6 is 0 Å². The van der Waals surface area contributed by atoms with Gasteiger partial charge in [-0.15, -0.1) is 0 Å². The molecule has 0 radical (unpaired) electrons. The third kappa shape index (κ3) is 7.14. The number of halogens is 3. The van der Waals surface area contributed by atoms with Gasteiger partial charge in [0.15, 0.2) is 6.61 Å². The molecule has 2 rings (SSSR count). The van der Waals surface area contributed by atoms with Crippen molar-refractivity contribution in [3.8, 4) is 5.75 Å². The first-order chi connectivity index (χ1) is 12.2. The molecule has 0 spiro atoms. The number of likely N-dealkylation sites (N-methyl/N-ethyl adjacent to an activating group) is 1. The summed E-state index contributed by atoms with van der Waals surface area (Å²) in [5.41, 5.74) is 1.38. The first kappa shape index (κ1) is 19.8. The molecule has 0 fully saturated rings. The maximum atomic E-state index is 12.2. The fourth-order valence-electron chi connectivity index (χ4n) is 2.24. The largest absolute Gasteiger partial charge is 0.484 e. The number of hydrogen-bond acceptors (Lipinski definition) is 5. The highest BCUT2D eigenvalue weighted by Gasteiger charge is 2.28. The summed E-state index contributed by atoms with van der Waals surface area (Å²) >= 11 is 0. The molecule has 1 aromatic carbocycles. The van der Waals surface area contributed by atoms with Gasteiger partial charge in [-0.2, -0.15) is 13.2 Å². The van der Waals surface area contributed by atoms with Crippen molar-refractivity contribution in [1.82, 2.24) is 15.4 Å². The number of aryl methyl sites for hydroxylation is 1. The molecule has 0 saturated carbocycles. The number of alkyl halides is 3. The number of carbonyl (C=O) groups excluding carboxylic acids is 1. The Labute approximate surface area is 148 Å². The van der Waals surface area contributed by atoms with E-state index in [-0.39, 0.29) is 24.7 Å². The van der Waals surface area contributed by atoms with Crippen molar-refractivity contribution >= 4 is 5.91 Å². The average Bonchev–Trinajstić information content (AvgIpc) is 2.95. The summed E-state index contributed by atoms with van der Waals surface area (Å²) in [6.45, 7) is 1.24. The van der Waals surface area contributed by atoms with Crippen molar-refractivity contribution in [2.24, 2.45) is 0 Å². The predicted molar refractivity (Wildman–Crippen MR) is 87.4 cm³/mol. The maximum absolute atomic E-state index is 12.2. The van der Waals surface area contributed by atoms with Gasteiger partial charge >= 0.3 is 6.18 Å². The highest BCUT2D eigenvalue weighted by atomic mass is 19.4. The van der Waals surface area contributed by atoms with Gasteiger partial charge in [-0.1, -0.05) is 17.3 Å². The van der Waals surface area contributed by atoms with E-state index in [0.717, 1.165) is 5.69 Å². The van der Waals surface area contributed by atoms with Crippen LogP contribution < -0.4 is 10.1 Å². The summed E-state index contributed by atoms with van der Waals surface area (Å²) in [5.74, 6) is 0.590. The number of hydrogen-bond donors (Lipinski definition) is 1. The van der Waals surface area contributed by atoms with Crippen LogP contribution in [0.5, 0.6) is 5.75 Å². The monoisotopic (exact) mass is 371 g/mol. The Morgan fingerprint density at radius 1 is 1.35 bits per heavy atom. The summed E-state index contributed by atoms with van der Waals surface area (Å²) in [5, 5.41) is 6.58. The van der Waals surface area contributed by atoms with Gasteiger partial charge < -0.3 is 14.6 Å². The van der Waals surface area contributed by atoms with Crippen molar-refractivity contribution in [3.05, 3.63) is 47.3 Å². The van der Waals surface area contributed by atoms with E-state index >= 15 is 0 Å². The molecule has 1 N–H and O–H groups in total. The van der Waals surface area contributed by atoms with Gasteiger partial charge in [0.25, 0.3) is 0 Å². The van der Waals surface area contributed by atoms with Crippen LogP contribution in [0.25, 0.3) is 0 Å². The molecule has 26 heavy (non-hydrogen) atoms. The van der Waals surface area contributed by atoms with E-state index in [1.165, 1.54) is 12.1 Å². The Kier molecular flexibility index (Phi) is 6.62. The van der Waals surface area contributed by atoms with Gasteiger partial charge in [-0.25, -0.2) is 0 Å². The van der Waals surface area contributed by atoms with E-state index in [1.807, 2.05) is 0 Å². The summed E-state index contributed by atoms with van der Waals surface area (Å²) < 4.78 is 46.2. The second-order valence-electron chi connectivity index (χ2n) is 5.93. The number of carbonyl (C=O) groups is 1. The van der Waals surface area contributed by atoms with Crippen LogP contribution in [0.3, 0.4) is 0 Å². The first-order valence-corrected chi connectivity index (χ1v) is 7.87. The second kappa shape index (κ2) is 8.70. The summed E-state index contributed by atoms with van der Waals surface area (Å²) in [6, 6.07) is 7.97. The van der Waals surface area contributed by atoms with Crippen LogP contribution in [0.4, 0.5) is 13.2 Å². The minimum Gasteiger partial charge on any atom is -0.484 e. The molecular formula is C17H20F3N3O3. The number of ether oxygens (including phenoxy) is 1. The Morgan fingerprint density at radius 2 is 2.12 bits per heavy atom. The second-order valence-corrected chi connectivity index (χ2v) is 5.93. The Bertz CT molecular complexity index is 731. The lowest BCUT2D eigenvalue weighted by atomic mass is 10.2. The molecule has 0 aliphatic heterocycles. The normalized spacial score (nSPS) is 11.6. The van der Waals surface area contributed by atoms with Crippen LogP contribution in [0.15, 0.2) is 34.9 Å². The highest BCUT2D eigenvalue weighted by Crippen LogP contribution is 2.19. The lowest BCUT2D eigenvalue weighted by Crippen LogP contribution is -2.34. The third-order valence-corrected chi connectivity index (χ3v) is 3.31. The lowest BCUT2D eigenvalue weighted by molar-refractivity contribution is -0.153. The summed E-state index contributed by atoms with van der Waals surface area (Å²) in [4.78, 5) is 13.8. The number of amides is 1. The molecule has 0 atom stereocenters. The van der Waals surface area contributed by atoms with Crippen molar-refractivity contribution in [1.29, 1.82) is 0 Å². The molecule has 0 aliphatic carbocycles. The number of nitrogens with zero attached hydrogens (tertiary/aromatic N) is 2. The average molecular weight is 371 g/mol. The zero-order chi connectivity index (χ0) is 19.2. The molecule has 1 aromatic heterocycles. The number of nitrogens with one attached hydrogen (secondary N) is 1. The topological polar surface area (TPSA) is 67.6 Å². The maximum Gasteiger partial charge on any atom is 0.422 e. The van der Waals surface area contributed by atoms with E-state index in [1.54, 1.807) is 37.1 Å². The van der Waals surface area contributed by atoms with Gasteiger partial charge in [0.05, 0.1) is 12.2 Å². The molecule has 0 saturated heterocycles. The highest BCUT2D eigenvalue weighted by molar-refractivity contribution is 5.77. The summed E-state index contributed by atoms with van der Waals surface area (Å²) in [7, 11) is 1.77. The molecule has 9 heteroatoms. The number of aromatic nitrogens is 1. The van der Waals surface area contributed by atoms with Gasteiger partial charge in [-0.05, 0) is 31.7 Å². The van der Waals surface area contributed by atoms with Crippen molar-refractivity contribution in [3.63, 3.8) is 0 Å². The molecule has 1 heterocycles. The minimum atomic E-state index is -4.39. The van der Waals surface area contributed by atoms with E-state index in [9.17, 15) is 18.0 Å². The van der Waals surface area contributed by atoms with Crippen LogP contribution in [-0.2, 0) is 17.9 Å². The Hall–Kier alpha value is -2.55. The number of rotatable bonds is 8. The Morgan fingerprint density at radius 3 is 2.77 bits per heavy atom. The lowest BCUT2D eigenvalue weighted by Gasteiger charge is -2.15. The van der Waals surface area contributed by atoms with Crippen molar-refractivity contribution < 1.29 is 27.2 Å². The Balaban J connectivity index is 1.77. The fraction of sp³-hybridized carbons (Fsp3) is 0.412. The van der Waals surface area contributed by atoms with E-state index in [2.05, 4.69) is 15.2 Å². The van der Waals surface area contributed by atoms with Crippen LogP contribution in [0.1, 0.15) is 17.0 Å². The van der Waals surface area contributed by atoms with Crippen LogP contribution in [-0.4, -0.2) is 42.3 Å². The quantitative estimate of drug-likeness (QED) is 0.773. The van der Waals surface area contributed by atoms with Gasteiger partial charge in [0.2, 0.25) is 5.91 Å². The molecule has 1 amide bonds. The van der Waals surface area contributed by atoms with Crippen molar-refractivity contribution in [2.45, 2.75) is 26.2 Å². The van der Waals surface area contributed by atoms with Crippen LogP contribution in [0, 0.1) is 6.92 Å². The molecule has 142 valence electrons. The van der Waals surface area contributed by atoms with E-state index in [4.69, 9.17) is 4.52 Å². The zero-order valence-corrected chi connectivity index (χ0v) is 14.5. The minimum absolute atomic E-state index is 0.104. The molecule has 0 bridgehead atoms. The fourth-order valence-corrected chi connectivity index (χ4v) is 2.24. The first-order valence-electron chi connectivity index (χ1n) is 7.87.